The number of guanidine groups is 1. The van der Waals surface area contributed by atoms with Crippen LogP contribution < -0.4 is 38.5 Å². The van der Waals surface area contributed by atoms with Gasteiger partial charge in [0.2, 0.25) is 23.6 Å². The van der Waals surface area contributed by atoms with Crippen LogP contribution in [0.3, 0.4) is 0 Å². The number of amides is 4. The highest BCUT2D eigenvalue weighted by atomic mass is 16.4. The van der Waals surface area contributed by atoms with Crippen molar-refractivity contribution in [2.45, 2.75) is 69.7 Å². The number of carbonyl (C=O) groups excluding carboxylic acids is 4. The quantitative estimate of drug-likeness (QED) is 0.0515. The largest absolute Gasteiger partial charge is 0.481 e. The maximum Gasteiger partial charge on any atom is 0.326 e. The van der Waals surface area contributed by atoms with Gasteiger partial charge in [-0.15, -0.1) is 0 Å². The predicted molar refractivity (Wildman–Crippen MR) is 147 cm³/mol. The van der Waals surface area contributed by atoms with Gasteiger partial charge >= 0.3 is 11.9 Å². The van der Waals surface area contributed by atoms with E-state index in [1.807, 2.05) is 0 Å². The zero-order chi connectivity index (χ0) is 31.1. The van der Waals surface area contributed by atoms with Crippen molar-refractivity contribution in [3.8, 4) is 0 Å². The maximum absolute atomic E-state index is 13.2. The molecule has 0 saturated carbocycles. The molecule has 1 aromatic rings. The molecule has 0 radical (unpaired) electrons. The molecule has 5 atom stereocenters. The topological polar surface area (TPSA) is 281 Å². The third-order valence-corrected chi connectivity index (χ3v) is 5.65. The second kappa shape index (κ2) is 17.1. The van der Waals surface area contributed by atoms with Crippen LogP contribution in [0.4, 0.5) is 0 Å². The first kappa shape index (κ1) is 34.3. The van der Waals surface area contributed by atoms with Crippen molar-refractivity contribution >= 4 is 41.5 Å². The van der Waals surface area contributed by atoms with Gasteiger partial charge in [-0.2, -0.15) is 0 Å². The Labute approximate surface area is 236 Å². The maximum atomic E-state index is 13.2. The second-order valence-corrected chi connectivity index (χ2v) is 9.28. The molecule has 41 heavy (non-hydrogen) atoms. The van der Waals surface area contributed by atoms with E-state index in [0.29, 0.717) is 5.56 Å². The third kappa shape index (κ3) is 13.3. The first-order chi connectivity index (χ1) is 19.2. The number of nitrogens with two attached hydrogens (primary N) is 3. The molecule has 0 fully saturated rings. The average molecular weight is 579 g/mol. The van der Waals surface area contributed by atoms with Crippen LogP contribution in [0.5, 0.6) is 0 Å². The minimum absolute atomic E-state index is 0.0323. The molecule has 0 spiro atoms. The summed E-state index contributed by atoms with van der Waals surface area (Å²) in [5.41, 5.74) is 16.7. The molecule has 0 aliphatic heterocycles. The molecule has 226 valence electrons. The van der Waals surface area contributed by atoms with Gasteiger partial charge in [-0.1, -0.05) is 30.3 Å². The number of hydrogen-bond donors (Lipinski definition) is 9. The van der Waals surface area contributed by atoms with Crippen molar-refractivity contribution < 1.29 is 39.0 Å². The summed E-state index contributed by atoms with van der Waals surface area (Å²) in [5, 5.41) is 28.3. The highest BCUT2D eigenvalue weighted by Crippen LogP contribution is 2.06. The van der Waals surface area contributed by atoms with E-state index >= 15 is 0 Å². The minimum Gasteiger partial charge on any atom is -0.481 e. The Balaban J connectivity index is 3.07. The van der Waals surface area contributed by atoms with Crippen molar-refractivity contribution in [1.82, 2.24) is 21.3 Å². The Morgan fingerprint density at radius 1 is 0.805 bits per heavy atom. The number of aliphatic carboxylic acids is 2. The van der Waals surface area contributed by atoms with Gasteiger partial charge in [-0.05, 0) is 32.3 Å². The lowest BCUT2D eigenvalue weighted by Gasteiger charge is -2.25. The van der Waals surface area contributed by atoms with E-state index in [-0.39, 0.29) is 31.8 Å². The van der Waals surface area contributed by atoms with Crippen LogP contribution in [0.1, 0.15) is 38.7 Å². The molecule has 0 unspecified atom stereocenters. The highest BCUT2D eigenvalue weighted by molar-refractivity contribution is 5.96. The van der Waals surface area contributed by atoms with Gasteiger partial charge in [0.05, 0.1) is 12.5 Å². The summed E-state index contributed by atoms with van der Waals surface area (Å²) in [7, 11) is 0. The molecule has 0 aromatic heterocycles. The van der Waals surface area contributed by atoms with E-state index in [1.54, 1.807) is 30.3 Å². The van der Waals surface area contributed by atoms with Gasteiger partial charge in [0.1, 0.15) is 24.2 Å². The van der Waals surface area contributed by atoms with Crippen LogP contribution in [0.2, 0.25) is 0 Å². The van der Waals surface area contributed by atoms with Gasteiger partial charge in [0, 0.05) is 13.0 Å². The molecule has 0 heterocycles. The van der Waals surface area contributed by atoms with E-state index in [4.69, 9.17) is 17.2 Å². The monoisotopic (exact) mass is 578 g/mol. The molecule has 1 aromatic carbocycles. The van der Waals surface area contributed by atoms with E-state index in [2.05, 4.69) is 26.3 Å². The van der Waals surface area contributed by atoms with Crippen molar-refractivity contribution in [2.24, 2.45) is 22.2 Å². The number of carbonyl (C=O) groups is 6. The number of rotatable bonds is 17. The fourth-order valence-corrected chi connectivity index (χ4v) is 3.46. The summed E-state index contributed by atoms with van der Waals surface area (Å²) in [5.74, 6) is -6.34. The molecular weight excluding hydrogens is 540 g/mol. The molecule has 4 amide bonds. The van der Waals surface area contributed by atoms with E-state index < -0.39 is 72.2 Å². The predicted octanol–water partition coefficient (Wildman–Crippen LogP) is -2.85. The number of aliphatic imine (C=N–C) groups is 1. The molecule has 16 nitrogen and oxygen atoms in total. The fourth-order valence-electron chi connectivity index (χ4n) is 3.46. The number of nitrogens with zero attached hydrogens (tertiary/aromatic N) is 1. The van der Waals surface area contributed by atoms with Gasteiger partial charge < -0.3 is 48.7 Å². The lowest BCUT2D eigenvalue weighted by molar-refractivity contribution is -0.143. The lowest BCUT2D eigenvalue weighted by atomic mass is 10.0. The van der Waals surface area contributed by atoms with Crippen molar-refractivity contribution in [2.75, 3.05) is 6.54 Å². The van der Waals surface area contributed by atoms with Gasteiger partial charge in [0.15, 0.2) is 5.96 Å². The normalized spacial score (nSPS) is 14.2. The molecule has 0 saturated heterocycles. The molecule has 16 heteroatoms. The van der Waals surface area contributed by atoms with Gasteiger partial charge in [-0.3, -0.25) is 29.0 Å². The van der Waals surface area contributed by atoms with Crippen LogP contribution in [-0.4, -0.2) is 88.5 Å². The lowest BCUT2D eigenvalue weighted by Crippen LogP contribution is -2.58. The summed E-state index contributed by atoms with van der Waals surface area (Å²) < 4.78 is 0. The zero-order valence-corrected chi connectivity index (χ0v) is 22.8. The first-order valence-corrected chi connectivity index (χ1v) is 12.7. The molecule has 0 aliphatic rings. The molecule has 12 N–H and O–H groups in total. The number of nitrogens with one attached hydrogen (secondary N) is 4. The summed E-state index contributed by atoms with van der Waals surface area (Å²) in [6.45, 7) is 2.88. The molecule has 0 aliphatic carbocycles. The van der Waals surface area contributed by atoms with E-state index in [9.17, 15) is 39.0 Å². The van der Waals surface area contributed by atoms with Crippen molar-refractivity contribution in [1.29, 1.82) is 0 Å². The second-order valence-electron chi connectivity index (χ2n) is 9.28. The zero-order valence-electron chi connectivity index (χ0n) is 22.8. The van der Waals surface area contributed by atoms with Crippen LogP contribution in [0.25, 0.3) is 0 Å². The number of hydrogen-bond acceptors (Lipinski definition) is 8. The first-order valence-electron chi connectivity index (χ1n) is 12.7. The Kier molecular flexibility index (Phi) is 14.3. The highest BCUT2D eigenvalue weighted by Gasteiger charge is 2.32. The molecule has 0 bridgehead atoms. The minimum atomic E-state index is -1.68. The average Bonchev–Trinajstić information content (AvgIpc) is 2.89. The Morgan fingerprint density at radius 2 is 1.37 bits per heavy atom. The van der Waals surface area contributed by atoms with Crippen LogP contribution in [0, 0.1) is 0 Å². The van der Waals surface area contributed by atoms with Crippen molar-refractivity contribution in [3.05, 3.63) is 35.9 Å². The van der Waals surface area contributed by atoms with Crippen molar-refractivity contribution in [3.63, 3.8) is 0 Å². The number of carboxylic acids is 2. The molecular formula is C25H38N8O8. The fraction of sp³-hybridized carbons (Fsp3) is 0.480. The van der Waals surface area contributed by atoms with E-state index in [1.165, 1.54) is 13.8 Å². The summed E-state index contributed by atoms with van der Waals surface area (Å²) in [4.78, 5) is 77.7. The standard InChI is InChI=1S/C25H38N8O8/c1-13(26)20(36)30-14(2)21(37)31-16(9-6-10-29-25(27)28)22(38)32-17(12-19(34)35)23(39)33-18(24(40)41)11-15-7-4-3-5-8-15/h3-5,7-8,13-14,16-18H,6,9-12,26H2,1-2H3,(H,30,36)(H,31,37)(H,32,38)(H,33,39)(H,34,35)(H,40,41)(H4,27,28,29)/t13-,14-,16-,17-,18-/m0/s1. The smallest absolute Gasteiger partial charge is 0.326 e. The Hall–Kier alpha value is -4.73. The summed E-state index contributed by atoms with van der Waals surface area (Å²) in [6.07, 6.45) is -0.796. The third-order valence-electron chi connectivity index (χ3n) is 5.65. The van der Waals surface area contributed by atoms with Gasteiger partial charge in [-0.25, -0.2) is 4.79 Å². The summed E-state index contributed by atoms with van der Waals surface area (Å²) >= 11 is 0. The van der Waals surface area contributed by atoms with Crippen LogP contribution >= 0.6 is 0 Å². The Bertz CT molecular complexity index is 1110. The van der Waals surface area contributed by atoms with Gasteiger partial charge in [0.25, 0.3) is 0 Å². The van der Waals surface area contributed by atoms with Crippen LogP contribution in [0.15, 0.2) is 35.3 Å². The molecule has 1 rings (SSSR count). The Morgan fingerprint density at radius 3 is 1.90 bits per heavy atom. The number of benzene rings is 1. The summed E-state index contributed by atoms with van der Waals surface area (Å²) in [6, 6.07) is 2.06. The van der Waals surface area contributed by atoms with Crippen LogP contribution in [-0.2, 0) is 35.2 Å². The SMILES string of the molecule is C[C@H](N)C(=O)N[C@@H](C)C(=O)N[C@@H](CCCN=C(N)N)C(=O)N[C@@H](CC(=O)O)C(=O)N[C@@H](Cc1ccccc1)C(=O)O. The number of carboxylic acid groups (broad SMARTS) is 2. The van der Waals surface area contributed by atoms with E-state index in [0.717, 1.165) is 0 Å².